The Hall–Kier alpha value is -3.46. The summed E-state index contributed by atoms with van der Waals surface area (Å²) in [6, 6.07) is 21.8. The summed E-state index contributed by atoms with van der Waals surface area (Å²) in [5, 5.41) is 2.13. The fraction of sp³-hybridized carbons (Fsp3) is 0.241. The summed E-state index contributed by atoms with van der Waals surface area (Å²) < 4.78 is 6.27. The first-order valence-corrected chi connectivity index (χ1v) is 11.5. The predicted octanol–water partition coefficient (Wildman–Crippen LogP) is 7.98. The maximum absolute atomic E-state index is 6.27. The summed E-state index contributed by atoms with van der Waals surface area (Å²) in [6.45, 7) is 4.10. The first-order valence-electron chi connectivity index (χ1n) is 11.5. The normalized spacial score (nSPS) is 14.6. The van der Waals surface area contributed by atoms with Crippen molar-refractivity contribution in [3.8, 4) is 22.4 Å². The molecular weight excluding hydrogens is 392 g/mol. The van der Waals surface area contributed by atoms with Gasteiger partial charge < -0.3 is 4.42 Å². The molecule has 0 saturated heterocycles. The van der Waals surface area contributed by atoms with Gasteiger partial charge in [-0.2, -0.15) is 0 Å². The molecule has 3 nitrogen and oxygen atoms in total. The second kappa shape index (κ2) is 7.59. The van der Waals surface area contributed by atoms with Crippen molar-refractivity contribution in [3.63, 3.8) is 0 Å². The van der Waals surface area contributed by atoms with Crippen molar-refractivity contribution < 1.29 is 4.42 Å². The number of fused-ring (bicyclic) bond motifs is 3. The number of aryl methyl sites for hydroxylation is 2. The topological polar surface area (TPSA) is 38.9 Å². The highest BCUT2D eigenvalue weighted by atomic mass is 16.3. The van der Waals surface area contributed by atoms with Gasteiger partial charge >= 0.3 is 0 Å². The molecule has 0 radical (unpaired) electrons. The van der Waals surface area contributed by atoms with E-state index in [9.17, 15) is 0 Å². The van der Waals surface area contributed by atoms with Gasteiger partial charge in [0.05, 0.1) is 5.69 Å². The second-order valence-corrected chi connectivity index (χ2v) is 9.07. The van der Waals surface area contributed by atoms with E-state index in [0.29, 0.717) is 5.71 Å². The lowest BCUT2D eigenvalue weighted by atomic mass is 9.94. The van der Waals surface area contributed by atoms with E-state index in [4.69, 9.17) is 9.40 Å². The number of hydrogen-bond donors (Lipinski definition) is 0. The van der Waals surface area contributed by atoms with E-state index in [-0.39, 0.29) is 0 Å². The van der Waals surface area contributed by atoms with Crippen molar-refractivity contribution in [1.82, 2.24) is 9.97 Å². The summed E-state index contributed by atoms with van der Waals surface area (Å²) in [6.07, 6.45) is 7.28. The lowest BCUT2D eigenvalue weighted by Crippen LogP contribution is -1.92. The molecule has 0 N–H and O–H groups in total. The number of pyridine rings is 2. The van der Waals surface area contributed by atoms with Crippen molar-refractivity contribution in [2.75, 3.05) is 0 Å². The Morgan fingerprint density at radius 1 is 0.812 bits per heavy atom. The first-order chi connectivity index (χ1) is 15.7. The number of furan rings is 1. The van der Waals surface area contributed by atoms with E-state index in [1.807, 2.05) is 19.2 Å². The van der Waals surface area contributed by atoms with E-state index < -0.39 is 0 Å². The highest BCUT2D eigenvalue weighted by molar-refractivity contribution is 6.09. The molecule has 3 aromatic heterocycles. The minimum atomic E-state index is 0.686. The second-order valence-electron chi connectivity index (χ2n) is 9.07. The van der Waals surface area contributed by atoms with Gasteiger partial charge in [-0.05, 0) is 79.1 Å². The summed E-state index contributed by atoms with van der Waals surface area (Å²) in [5.74, 6) is 0.739. The van der Waals surface area contributed by atoms with Crippen LogP contribution in [-0.4, -0.2) is 9.97 Å². The Bertz CT molecular complexity index is 1440. The molecule has 0 unspecified atom stereocenters. The number of rotatable bonds is 3. The average molecular weight is 419 g/mol. The summed E-state index contributed by atoms with van der Waals surface area (Å²) in [4.78, 5) is 9.33. The van der Waals surface area contributed by atoms with E-state index >= 15 is 0 Å². The standard InChI is InChI=1S/C29H26N2O/c1-18-7-13-24-25-14-8-19(2)31-29(25)32-28(24)27(18)26-17-23(15-16-30-26)22-11-9-21(10-12-22)20-5-3-4-6-20/h7-17,20H,3-6H2,1-2H3. The molecule has 0 amide bonds. The van der Waals surface area contributed by atoms with Gasteiger partial charge in [0.15, 0.2) is 0 Å². The van der Waals surface area contributed by atoms with E-state index in [0.717, 1.165) is 44.8 Å². The van der Waals surface area contributed by atoms with Gasteiger partial charge in [-0.3, -0.25) is 4.98 Å². The van der Waals surface area contributed by atoms with Crippen LogP contribution in [0, 0.1) is 13.8 Å². The Kier molecular flexibility index (Phi) is 4.57. The van der Waals surface area contributed by atoms with Crippen LogP contribution in [-0.2, 0) is 0 Å². The van der Waals surface area contributed by atoms with Gasteiger partial charge in [-0.15, -0.1) is 0 Å². The summed E-state index contributed by atoms with van der Waals surface area (Å²) in [7, 11) is 0. The van der Waals surface area contributed by atoms with Gasteiger partial charge in [-0.25, -0.2) is 4.98 Å². The molecule has 158 valence electrons. The van der Waals surface area contributed by atoms with Crippen LogP contribution in [0.25, 0.3) is 44.5 Å². The van der Waals surface area contributed by atoms with Crippen LogP contribution in [0.5, 0.6) is 0 Å². The van der Waals surface area contributed by atoms with Gasteiger partial charge in [0.25, 0.3) is 0 Å². The number of nitrogens with zero attached hydrogens (tertiary/aromatic N) is 2. The lowest BCUT2D eigenvalue weighted by molar-refractivity contribution is 0.653. The molecule has 0 bridgehead atoms. The minimum Gasteiger partial charge on any atom is -0.437 e. The molecule has 1 aliphatic carbocycles. The Morgan fingerprint density at radius 3 is 2.41 bits per heavy atom. The maximum Gasteiger partial charge on any atom is 0.227 e. The molecule has 2 aromatic carbocycles. The summed E-state index contributed by atoms with van der Waals surface area (Å²) in [5.41, 5.74) is 9.50. The molecule has 0 spiro atoms. The molecule has 0 atom stereocenters. The fourth-order valence-electron chi connectivity index (χ4n) is 5.18. The highest BCUT2D eigenvalue weighted by Gasteiger charge is 2.18. The van der Waals surface area contributed by atoms with E-state index in [1.165, 1.54) is 42.4 Å². The third-order valence-electron chi connectivity index (χ3n) is 6.94. The molecule has 3 heterocycles. The van der Waals surface area contributed by atoms with Crippen LogP contribution in [0.1, 0.15) is 48.4 Å². The largest absolute Gasteiger partial charge is 0.437 e. The molecule has 0 aliphatic heterocycles. The maximum atomic E-state index is 6.27. The van der Waals surface area contributed by atoms with Crippen molar-refractivity contribution in [2.45, 2.75) is 45.4 Å². The third kappa shape index (κ3) is 3.20. The Labute approximate surface area is 188 Å². The number of benzene rings is 2. The molecular formula is C29H26N2O. The van der Waals surface area contributed by atoms with Gasteiger partial charge in [-0.1, -0.05) is 49.2 Å². The average Bonchev–Trinajstić information content (AvgIpc) is 3.47. The van der Waals surface area contributed by atoms with Crippen LogP contribution in [0.3, 0.4) is 0 Å². The van der Waals surface area contributed by atoms with Crippen LogP contribution in [0.2, 0.25) is 0 Å². The summed E-state index contributed by atoms with van der Waals surface area (Å²) >= 11 is 0. The Morgan fingerprint density at radius 2 is 1.59 bits per heavy atom. The zero-order valence-electron chi connectivity index (χ0n) is 18.6. The number of hydrogen-bond acceptors (Lipinski definition) is 3. The SMILES string of the molecule is Cc1ccc2c(n1)oc1c(-c3cc(-c4ccc(C5CCCC5)cc4)ccn3)c(C)ccc12. The van der Waals surface area contributed by atoms with E-state index in [1.54, 1.807) is 0 Å². The van der Waals surface area contributed by atoms with Crippen molar-refractivity contribution in [2.24, 2.45) is 0 Å². The monoisotopic (exact) mass is 418 g/mol. The molecule has 1 saturated carbocycles. The van der Waals surface area contributed by atoms with Gasteiger partial charge in [0, 0.05) is 28.2 Å². The molecule has 5 aromatic rings. The highest BCUT2D eigenvalue weighted by Crippen LogP contribution is 2.38. The third-order valence-corrected chi connectivity index (χ3v) is 6.94. The van der Waals surface area contributed by atoms with Gasteiger partial charge in [0.1, 0.15) is 5.58 Å². The predicted molar refractivity (Wildman–Crippen MR) is 131 cm³/mol. The van der Waals surface area contributed by atoms with Crippen molar-refractivity contribution in [3.05, 3.63) is 83.7 Å². The van der Waals surface area contributed by atoms with Crippen LogP contribution >= 0.6 is 0 Å². The zero-order valence-corrected chi connectivity index (χ0v) is 18.6. The quantitative estimate of drug-likeness (QED) is 0.298. The lowest BCUT2D eigenvalue weighted by Gasteiger charge is -2.11. The molecule has 32 heavy (non-hydrogen) atoms. The van der Waals surface area contributed by atoms with Crippen LogP contribution < -0.4 is 0 Å². The molecule has 1 aliphatic rings. The minimum absolute atomic E-state index is 0.686. The molecule has 3 heteroatoms. The van der Waals surface area contributed by atoms with Crippen molar-refractivity contribution >= 4 is 22.1 Å². The molecule has 1 fully saturated rings. The smallest absolute Gasteiger partial charge is 0.227 e. The Balaban J connectivity index is 1.45. The first kappa shape index (κ1) is 19.2. The van der Waals surface area contributed by atoms with Gasteiger partial charge in [0.2, 0.25) is 5.71 Å². The molecule has 6 rings (SSSR count). The number of aromatic nitrogens is 2. The van der Waals surface area contributed by atoms with E-state index in [2.05, 4.69) is 66.5 Å². The van der Waals surface area contributed by atoms with Crippen LogP contribution in [0.15, 0.2) is 71.3 Å². The zero-order chi connectivity index (χ0) is 21.7. The van der Waals surface area contributed by atoms with Crippen LogP contribution in [0.4, 0.5) is 0 Å². The van der Waals surface area contributed by atoms with Crippen molar-refractivity contribution in [1.29, 1.82) is 0 Å². The fourth-order valence-corrected chi connectivity index (χ4v) is 5.18.